The summed E-state index contributed by atoms with van der Waals surface area (Å²) in [5.74, 6) is -1.11. The molecule has 0 radical (unpaired) electrons. The van der Waals surface area contributed by atoms with E-state index in [0.717, 1.165) is 5.56 Å². The highest BCUT2D eigenvalue weighted by molar-refractivity contribution is 6.18. The van der Waals surface area contributed by atoms with Gasteiger partial charge in [0.1, 0.15) is 37.1 Å². The maximum Gasteiger partial charge on any atom is 0.439 e. The normalized spacial score (nSPS) is 16.0. The third-order valence-corrected chi connectivity index (χ3v) is 5.77. The summed E-state index contributed by atoms with van der Waals surface area (Å²) in [4.78, 5) is 29.8. The minimum absolute atomic E-state index is 0.110. The maximum absolute atomic E-state index is 13.1. The molecule has 0 aliphatic carbocycles. The number of benzene rings is 1. The van der Waals surface area contributed by atoms with Crippen LogP contribution in [0.3, 0.4) is 0 Å². The number of carbonyl (C=O) groups is 2. The van der Waals surface area contributed by atoms with Gasteiger partial charge in [-0.25, -0.2) is 4.79 Å². The molecule has 13 heteroatoms. The molecule has 7 N–H and O–H groups in total. The van der Waals surface area contributed by atoms with Gasteiger partial charge >= 0.3 is 13.7 Å². The van der Waals surface area contributed by atoms with E-state index in [9.17, 15) is 24.9 Å². The number of esters is 1. The number of aliphatic hydroxyl groups excluding tert-OH is 4. The van der Waals surface area contributed by atoms with Gasteiger partial charge in [-0.3, -0.25) is 9.78 Å². The molecule has 2 rings (SSSR count). The number of hydrogen-bond acceptors (Lipinski definition) is 11. The van der Waals surface area contributed by atoms with Crippen molar-refractivity contribution in [1.82, 2.24) is 10.3 Å². The van der Waals surface area contributed by atoms with E-state index in [2.05, 4.69) is 10.3 Å². The summed E-state index contributed by atoms with van der Waals surface area (Å²) in [6, 6.07) is 11.0. The Morgan fingerprint density at radius 1 is 1.05 bits per heavy atom. The van der Waals surface area contributed by atoms with E-state index in [0.29, 0.717) is 6.42 Å². The van der Waals surface area contributed by atoms with Crippen LogP contribution < -0.4 is 11.1 Å². The molecule has 39 heavy (non-hydrogen) atoms. The summed E-state index contributed by atoms with van der Waals surface area (Å²) >= 11 is 0. The number of nitrogens with one attached hydrogen (secondary N) is 1. The van der Waals surface area contributed by atoms with Crippen LogP contribution in [0.2, 0.25) is 0 Å². The van der Waals surface area contributed by atoms with Crippen molar-refractivity contribution in [3.05, 3.63) is 66.0 Å². The molecule has 0 unspecified atom stereocenters. The van der Waals surface area contributed by atoms with Crippen molar-refractivity contribution in [1.29, 1.82) is 0 Å². The van der Waals surface area contributed by atoms with Crippen LogP contribution in [0.5, 0.6) is 0 Å². The van der Waals surface area contributed by atoms with Gasteiger partial charge in [0.15, 0.2) is 0 Å². The topological polar surface area (TPSA) is 194 Å². The Bertz CT molecular complexity index is 987. The highest BCUT2D eigenvalue weighted by Gasteiger charge is 2.34. The number of hydrogen-bond donors (Lipinski definition) is 6. The predicted molar refractivity (Wildman–Crippen MR) is 142 cm³/mol. The van der Waals surface area contributed by atoms with Gasteiger partial charge in [-0.05, 0) is 30.0 Å². The largest absolute Gasteiger partial charge is 0.461 e. The van der Waals surface area contributed by atoms with Gasteiger partial charge in [-0.15, -0.1) is 0 Å². The van der Waals surface area contributed by atoms with E-state index in [1.807, 2.05) is 19.9 Å². The van der Waals surface area contributed by atoms with Crippen molar-refractivity contribution in [3.8, 4) is 0 Å². The Kier molecular flexibility index (Phi) is 14.0. The molecule has 6 atom stereocenters. The fourth-order valence-electron chi connectivity index (χ4n) is 3.59. The summed E-state index contributed by atoms with van der Waals surface area (Å²) in [7, 11) is -0.402. The monoisotopic (exact) mass is 547 g/mol. The van der Waals surface area contributed by atoms with Gasteiger partial charge in [0, 0.05) is 18.8 Å². The highest BCUT2D eigenvalue weighted by atomic mass is 16.6. The molecule has 0 saturated heterocycles. The quantitative estimate of drug-likeness (QED) is 0.0812. The van der Waals surface area contributed by atoms with Gasteiger partial charge in [0.25, 0.3) is 5.91 Å². The summed E-state index contributed by atoms with van der Waals surface area (Å²) in [5.41, 5.74) is 6.88. The zero-order valence-corrected chi connectivity index (χ0v) is 22.1. The number of nitrogens with zero attached hydrogens (tertiary/aromatic N) is 1. The smallest absolute Gasteiger partial charge is 0.439 e. The van der Waals surface area contributed by atoms with Crippen molar-refractivity contribution >= 4 is 19.6 Å². The highest BCUT2D eigenvalue weighted by Crippen LogP contribution is 2.12. The average Bonchev–Trinajstić information content (AvgIpc) is 2.93. The summed E-state index contributed by atoms with van der Waals surface area (Å²) in [5, 5.41) is 42.3. The fraction of sp³-hybridized carbons (Fsp3) is 0.500. The SMILES string of the molecule is CC(C)C[C@H](N)OBO[C@H](COC(=O)[C@H](Cc1ccccc1)NC(=O)c1cccnc1)[C@@H](O)[C@H](O)[C@H](O)CO. The minimum Gasteiger partial charge on any atom is -0.461 e. The number of aliphatic hydroxyl groups is 4. The van der Waals surface area contributed by atoms with Crippen molar-refractivity contribution in [2.75, 3.05) is 13.2 Å². The molecule has 1 aromatic heterocycles. The van der Waals surface area contributed by atoms with Crippen molar-refractivity contribution in [2.24, 2.45) is 11.7 Å². The second-order valence-corrected chi connectivity index (χ2v) is 9.48. The lowest BCUT2D eigenvalue weighted by atomic mass is 10.0. The van der Waals surface area contributed by atoms with E-state index in [-0.39, 0.29) is 17.9 Å². The van der Waals surface area contributed by atoms with Crippen LogP contribution in [-0.2, 0) is 25.3 Å². The second-order valence-electron chi connectivity index (χ2n) is 9.48. The molecular weight excluding hydrogens is 509 g/mol. The summed E-state index contributed by atoms with van der Waals surface area (Å²) in [6.07, 6.45) is -3.74. The van der Waals surface area contributed by atoms with Gasteiger partial charge in [-0.2, -0.15) is 0 Å². The van der Waals surface area contributed by atoms with Crippen LogP contribution in [0, 0.1) is 5.92 Å². The lowest BCUT2D eigenvalue weighted by Crippen LogP contribution is -2.50. The lowest BCUT2D eigenvalue weighted by molar-refractivity contribution is -0.156. The predicted octanol–water partition coefficient (Wildman–Crippen LogP) is -0.960. The zero-order valence-electron chi connectivity index (χ0n) is 22.1. The molecule has 0 bridgehead atoms. The molecule has 0 aliphatic rings. The van der Waals surface area contributed by atoms with Crippen LogP contribution in [-0.4, -0.2) is 94.9 Å². The number of ether oxygens (including phenoxy) is 1. The number of nitrogens with two attached hydrogens (primary N) is 1. The molecule has 0 fully saturated rings. The molecule has 1 amide bonds. The first-order chi connectivity index (χ1) is 18.6. The molecule has 1 heterocycles. The Morgan fingerprint density at radius 2 is 1.77 bits per heavy atom. The van der Waals surface area contributed by atoms with Crippen molar-refractivity contribution < 1.29 is 44.1 Å². The van der Waals surface area contributed by atoms with Crippen LogP contribution in [0.15, 0.2) is 54.9 Å². The third kappa shape index (κ3) is 11.4. The molecule has 214 valence electrons. The molecule has 0 saturated carbocycles. The Hall–Kier alpha value is -2.91. The van der Waals surface area contributed by atoms with Crippen LogP contribution in [0.25, 0.3) is 0 Å². The fourth-order valence-corrected chi connectivity index (χ4v) is 3.59. The molecule has 2 aromatic rings. The van der Waals surface area contributed by atoms with Crippen molar-refractivity contribution in [3.63, 3.8) is 0 Å². The number of aromatic nitrogens is 1. The first-order valence-corrected chi connectivity index (χ1v) is 12.7. The number of carbonyl (C=O) groups excluding carboxylic acids is 2. The van der Waals surface area contributed by atoms with Crippen molar-refractivity contribution in [2.45, 2.75) is 63.4 Å². The van der Waals surface area contributed by atoms with E-state index < -0.39 is 69.5 Å². The molecule has 12 nitrogen and oxygen atoms in total. The molecule has 0 spiro atoms. The Morgan fingerprint density at radius 3 is 2.38 bits per heavy atom. The number of amides is 1. The Balaban J connectivity index is 2.12. The Labute approximate surface area is 228 Å². The standard InChI is InChI=1S/C26H38BN3O9/c1-16(2)11-22(28)39-27-38-21(24(34)23(33)20(32)14-31)15-37-26(36)19(12-17-7-4-3-5-8-17)30-25(35)18-9-6-10-29-13-18/h3-10,13,16,19-24,27,31-34H,11-12,14-15,28H2,1-2H3,(H,30,35)/t19-,20+,21+,22+,23+,24+/m0/s1. The van der Waals surface area contributed by atoms with Crippen LogP contribution in [0.4, 0.5) is 0 Å². The summed E-state index contributed by atoms with van der Waals surface area (Å²) in [6.45, 7) is 2.54. The van der Waals surface area contributed by atoms with Crippen LogP contribution in [0.1, 0.15) is 36.2 Å². The van der Waals surface area contributed by atoms with E-state index in [4.69, 9.17) is 24.9 Å². The summed E-state index contributed by atoms with van der Waals surface area (Å²) < 4.78 is 16.3. The van der Waals surface area contributed by atoms with Crippen LogP contribution >= 0.6 is 0 Å². The molecule has 1 aromatic carbocycles. The maximum atomic E-state index is 13.1. The van der Waals surface area contributed by atoms with Gasteiger partial charge in [0.05, 0.1) is 18.4 Å². The number of pyridine rings is 1. The first-order valence-electron chi connectivity index (χ1n) is 12.7. The third-order valence-electron chi connectivity index (χ3n) is 5.77. The second kappa shape index (κ2) is 16.9. The van der Waals surface area contributed by atoms with Gasteiger partial charge in [-0.1, -0.05) is 44.2 Å². The molecular formula is C26H38BN3O9. The number of rotatable bonds is 17. The van der Waals surface area contributed by atoms with E-state index in [1.165, 1.54) is 12.4 Å². The first kappa shape index (κ1) is 32.3. The van der Waals surface area contributed by atoms with E-state index >= 15 is 0 Å². The average molecular weight is 547 g/mol. The van der Waals surface area contributed by atoms with E-state index in [1.54, 1.807) is 36.4 Å². The zero-order chi connectivity index (χ0) is 28.8. The molecule has 0 aliphatic heterocycles. The minimum atomic E-state index is -1.81. The lowest BCUT2D eigenvalue weighted by Gasteiger charge is -2.29. The van der Waals surface area contributed by atoms with Gasteiger partial charge < -0.3 is 45.5 Å². The van der Waals surface area contributed by atoms with Gasteiger partial charge in [0.2, 0.25) is 0 Å².